The van der Waals surface area contributed by atoms with Crippen molar-refractivity contribution < 1.29 is 24.2 Å². The number of aliphatic hydroxyl groups is 2. The molecule has 0 atom stereocenters. The first kappa shape index (κ1) is 21.7. The molecule has 1 amide bonds. The summed E-state index contributed by atoms with van der Waals surface area (Å²) in [6.07, 6.45) is 0.225. The quantitative estimate of drug-likeness (QED) is 0.328. The maximum absolute atomic E-state index is 14.4. The number of aromatic nitrogens is 1. The minimum Gasteiger partial charge on any atom is -0.393 e. The van der Waals surface area contributed by atoms with Gasteiger partial charge in [-0.2, -0.15) is 0 Å². The van der Waals surface area contributed by atoms with Crippen molar-refractivity contribution in [3.8, 4) is 0 Å². The van der Waals surface area contributed by atoms with Gasteiger partial charge in [-0.05, 0) is 60.6 Å². The number of hydroxylamine groups is 1. The van der Waals surface area contributed by atoms with E-state index in [0.717, 1.165) is 0 Å². The van der Waals surface area contributed by atoms with Gasteiger partial charge < -0.3 is 20.1 Å². The van der Waals surface area contributed by atoms with Crippen LogP contribution in [0.25, 0.3) is 0 Å². The fourth-order valence-electron chi connectivity index (χ4n) is 3.25. The van der Waals surface area contributed by atoms with Crippen molar-refractivity contribution in [3.63, 3.8) is 0 Å². The highest BCUT2D eigenvalue weighted by Gasteiger charge is 2.28. The van der Waals surface area contributed by atoms with Crippen molar-refractivity contribution in [1.82, 2.24) is 10.0 Å². The van der Waals surface area contributed by atoms with E-state index in [0.29, 0.717) is 28.7 Å². The van der Waals surface area contributed by atoms with E-state index in [1.807, 2.05) is 22.6 Å². The summed E-state index contributed by atoms with van der Waals surface area (Å²) in [4.78, 5) is 30.7. The molecule has 0 fully saturated rings. The van der Waals surface area contributed by atoms with Crippen LogP contribution in [0.4, 0.5) is 15.8 Å². The van der Waals surface area contributed by atoms with Crippen molar-refractivity contribution in [2.75, 3.05) is 18.5 Å². The normalized spacial score (nSPS) is 12.9. The Morgan fingerprint density at radius 3 is 2.76 bits per heavy atom. The first-order valence-electron chi connectivity index (χ1n) is 9.03. The lowest BCUT2D eigenvalue weighted by atomic mass is 10.0. The number of amides is 1. The van der Waals surface area contributed by atoms with Gasteiger partial charge in [-0.15, -0.1) is 0 Å². The first-order chi connectivity index (χ1) is 13.9. The number of carbonyl (C=O) groups is 1. The van der Waals surface area contributed by atoms with Crippen molar-refractivity contribution in [2.45, 2.75) is 32.4 Å². The molecule has 0 bridgehead atoms. The average molecular weight is 517 g/mol. The average Bonchev–Trinajstić information content (AvgIpc) is 3.18. The van der Waals surface area contributed by atoms with Gasteiger partial charge in [0, 0.05) is 21.4 Å². The fourth-order valence-corrected chi connectivity index (χ4v) is 3.70. The van der Waals surface area contributed by atoms with Crippen molar-refractivity contribution in [3.05, 3.63) is 54.8 Å². The standard InChI is InChI=1S/C19H21FIN3O5/c1-10-17(22-14-5-4-11(21)7-13(14)20)16(15-3-2-6-24(15)19(10)28)18(27)23-29-12(8-25)9-26/h4-5,7,12,22,25-26H,2-3,6,8-9H2,1H3,(H,23,27). The van der Waals surface area contributed by atoms with Crippen LogP contribution in [-0.4, -0.2) is 40.0 Å². The zero-order valence-corrected chi connectivity index (χ0v) is 17.8. The molecule has 0 spiro atoms. The molecule has 1 aromatic carbocycles. The van der Waals surface area contributed by atoms with Gasteiger partial charge in [-0.3, -0.25) is 14.4 Å². The SMILES string of the molecule is Cc1c(Nc2ccc(I)cc2F)c(C(=O)NOC(CO)CO)c2n(c1=O)CCC2. The molecule has 1 aliphatic heterocycles. The number of fused-ring (bicyclic) bond motifs is 1. The summed E-state index contributed by atoms with van der Waals surface area (Å²) in [5, 5.41) is 21.1. The molecule has 8 nitrogen and oxygen atoms in total. The van der Waals surface area contributed by atoms with Gasteiger partial charge in [0.2, 0.25) is 0 Å². The molecule has 156 valence electrons. The van der Waals surface area contributed by atoms with E-state index in [9.17, 15) is 14.0 Å². The van der Waals surface area contributed by atoms with Gasteiger partial charge in [0.1, 0.15) is 11.9 Å². The van der Waals surface area contributed by atoms with E-state index in [2.05, 4.69) is 10.8 Å². The van der Waals surface area contributed by atoms with Crippen molar-refractivity contribution in [1.29, 1.82) is 0 Å². The first-order valence-corrected chi connectivity index (χ1v) is 10.1. The Kier molecular flexibility index (Phi) is 6.88. The van der Waals surface area contributed by atoms with Gasteiger partial charge in [0.15, 0.2) is 0 Å². The zero-order chi connectivity index (χ0) is 21.1. The second-order valence-electron chi connectivity index (χ2n) is 6.67. The minimum atomic E-state index is -0.982. The Balaban J connectivity index is 2.06. The van der Waals surface area contributed by atoms with Crippen LogP contribution in [0.5, 0.6) is 0 Å². The smallest absolute Gasteiger partial charge is 0.278 e. The van der Waals surface area contributed by atoms with E-state index >= 15 is 0 Å². The zero-order valence-electron chi connectivity index (χ0n) is 15.7. The lowest BCUT2D eigenvalue weighted by molar-refractivity contribution is -0.0619. The van der Waals surface area contributed by atoms with Crippen LogP contribution >= 0.6 is 22.6 Å². The molecule has 2 aromatic rings. The second kappa shape index (κ2) is 9.20. The van der Waals surface area contributed by atoms with E-state index in [-0.39, 0.29) is 28.1 Å². The van der Waals surface area contributed by atoms with Crippen LogP contribution in [0.2, 0.25) is 0 Å². The Hall–Kier alpha value is -2.02. The maximum Gasteiger partial charge on any atom is 0.278 e. The molecule has 0 radical (unpaired) electrons. The molecule has 2 heterocycles. The van der Waals surface area contributed by atoms with Crippen molar-refractivity contribution in [2.24, 2.45) is 0 Å². The predicted octanol–water partition coefficient (Wildman–Crippen LogP) is 1.60. The monoisotopic (exact) mass is 517 g/mol. The number of hydrogen-bond acceptors (Lipinski definition) is 6. The molecule has 10 heteroatoms. The largest absolute Gasteiger partial charge is 0.393 e. The number of halogens is 2. The van der Waals surface area contributed by atoms with Crippen molar-refractivity contribution >= 4 is 39.9 Å². The molecule has 4 N–H and O–H groups in total. The third-order valence-electron chi connectivity index (χ3n) is 4.74. The van der Waals surface area contributed by atoms with E-state index in [4.69, 9.17) is 15.1 Å². The summed E-state index contributed by atoms with van der Waals surface area (Å²) in [5.41, 5.74) is 3.29. The van der Waals surface area contributed by atoms with Crippen LogP contribution in [0, 0.1) is 16.3 Å². The number of benzene rings is 1. The number of aliphatic hydroxyl groups excluding tert-OH is 2. The highest BCUT2D eigenvalue weighted by molar-refractivity contribution is 14.1. The maximum atomic E-state index is 14.4. The summed E-state index contributed by atoms with van der Waals surface area (Å²) in [6.45, 7) is 1.09. The molecule has 0 saturated heterocycles. The summed E-state index contributed by atoms with van der Waals surface area (Å²) in [6, 6.07) is 4.58. The minimum absolute atomic E-state index is 0.134. The lowest BCUT2D eigenvalue weighted by Gasteiger charge is -2.20. The van der Waals surface area contributed by atoms with Crippen LogP contribution in [0.15, 0.2) is 23.0 Å². The Morgan fingerprint density at radius 2 is 2.10 bits per heavy atom. The topological polar surface area (TPSA) is 113 Å². The second-order valence-corrected chi connectivity index (χ2v) is 7.91. The molecular weight excluding hydrogens is 496 g/mol. The van der Waals surface area contributed by atoms with Crippen LogP contribution in [0.3, 0.4) is 0 Å². The van der Waals surface area contributed by atoms with Crippen LogP contribution < -0.4 is 16.4 Å². The fraction of sp³-hybridized carbons (Fsp3) is 0.368. The number of pyridine rings is 1. The summed E-state index contributed by atoms with van der Waals surface area (Å²) in [5.74, 6) is -1.17. The number of anilines is 2. The van der Waals surface area contributed by atoms with Gasteiger partial charge in [0.05, 0.1) is 30.2 Å². The third-order valence-corrected chi connectivity index (χ3v) is 5.42. The Morgan fingerprint density at radius 1 is 1.38 bits per heavy atom. The molecule has 29 heavy (non-hydrogen) atoms. The highest BCUT2D eigenvalue weighted by atomic mass is 127. The molecule has 0 unspecified atom stereocenters. The number of nitrogens with zero attached hydrogens (tertiary/aromatic N) is 1. The molecule has 0 aliphatic carbocycles. The number of carbonyl (C=O) groups excluding carboxylic acids is 1. The molecular formula is C19H21FIN3O5. The Labute approximate surface area is 179 Å². The molecule has 1 aromatic heterocycles. The number of rotatable bonds is 7. The molecule has 1 aliphatic rings. The molecule has 3 rings (SSSR count). The van der Waals surface area contributed by atoms with Gasteiger partial charge in [0.25, 0.3) is 11.5 Å². The molecule has 0 saturated carbocycles. The van der Waals surface area contributed by atoms with Gasteiger partial charge in [-0.25, -0.2) is 9.87 Å². The third kappa shape index (κ3) is 4.44. The number of nitrogens with one attached hydrogen (secondary N) is 2. The summed E-state index contributed by atoms with van der Waals surface area (Å²) < 4.78 is 16.6. The summed E-state index contributed by atoms with van der Waals surface area (Å²) >= 11 is 1.99. The van der Waals surface area contributed by atoms with Crippen LogP contribution in [-0.2, 0) is 17.8 Å². The lowest BCUT2D eigenvalue weighted by Crippen LogP contribution is -2.36. The van der Waals surface area contributed by atoms with E-state index in [1.54, 1.807) is 13.0 Å². The predicted molar refractivity (Wildman–Crippen MR) is 113 cm³/mol. The Bertz CT molecular complexity index is 991. The van der Waals surface area contributed by atoms with E-state index in [1.165, 1.54) is 16.7 Å². The van der Waals surface area contributed by atoms with Crippen LogP contribution in [0.1, 0.15) is 28.0 Å². The number of hydrogen-bond donors (Lipinski definition) is 4. The van der Waals surface area contributed by atoms with E-state index < -0.39 is 31.0 Å². The van der Waals surface area contributed by atoms with Gasteiger partial charge in [-0.1, -0.05) is 0 Å². The highest BCUT2D eigenvalue weighted by Crippen LogP contribution is 2.30. The summed E-state index contributed by atoms with van der Waals surface area (Å²) in [7, 11) is 0. The van der Waals surface area contributed by atoms with Gasteiger partial charge >= 0.3 is 0 Å².